The van der Waals surface area contributed by atoms with Crippen molar-refractivity contribution >= 4 is 146 Å². The fraction of sp³-hybridized carbons (Fsp3) is 0.126. The Bertz CT molecular complexity index is 5670. The molecule has 0 radical (unpaired) electrons. The molecule has 0 bridgehead atoms. The van der Waals surface area contributed by atoms with Gasteiger partial charge in [-0.25, -0.2) is 16.8 Å². The van der Waals surface area contributed by atoms with Crippen LogP contribution in [0, 0.1) is 0 Å². The van der Waals surface area contributed by atoms with Gasteiger partial charge in [-0.3, -0.25) is 19.2 Å². The summed E-state index contributed by atoms with van der Waals surface area (Å²) >= 11 is 0. The van der Waals surface area contributed by atoms with Gasteiger partial charge in [0.2, 0.25) is 0 Å². The molecule has 12 aromatic carbocycles. The zero-order valence-corrected chi connectivity index (χ0v) is 72.0. The summed E-state index contributed by atoms with van der Waals surface area (Å²) in [5.74, 6) is -1.16. The van der Waals surface area contributed by atoms with Gasteiger partial charge in [0.1, 0.15) is 32.0 Å². The first kappa shape index (κ1) is 95.4. The minimum atomic E-state index is -4.34. The first-order valence-corrected chi connectivity index (χ1v) is 39.4. The van der Waals surface area contributed by atoms with Crippen molar-refractivity contribution in [2.45, 2.75) is 60.3 Å². The second kappa shape index (κ2) is 50.2. The van der Waals surface area contributed by atoms with E-state index in [1.165, 1.54) is 45.6 Å². The van der Waals surface area contributed by atoms with Crippen molar-refractivity contribution in [2.75, 3.05) is 33.9 Å². The smallest absolute Gasteiger partial charge is 0.747 e. The van der Waals surface area contributed by atoms with Crippen molar-refractivity contribution in [3.8, 4) is 0 Å². The van der Waals surface area contributed by atoms with Crippen LogP contribution in [0.3, 0.4) is 0 Å². The third kappa shape index (κ3) is 37.6. The number of para-hydroxylation sites is 1. The van der Waals surface area contributed by atoms with E-state index < -0.39 is 32.0 Å². The second-order valence-corrected chi connectivity index (χ2v) is 28.1. The van der Waals surface area contributed by atoms with E-state index in [0.29, 0.717) is 96.2 Å². The van der Waals surface area contributed by atoms with E-state index in [2.05, 4.69) is 101 Å². The van der Waals surface area contributed by atoms with Gasteiger partial charge >= 0.3 is 59.1 Å². The van der Waals surface area contributed by atoms with Crippen molar-refractivity contribution < 1.29 is 104 Å². The number of Topliss-reactive ketones (excluding diaryl/α,β-unsaturated/α-hetero) is 4. The fourth-order valence-electron chi connectivity index (χ4n) is 9.55. The molecule has 594 valence electrons. The second-order valence-electron chi connectivity index (χ2n) is 25.3. The van der Waals surface area contributed by atoms with Gasteiger partial charge in [0.15, 0.2) is 23.1 Å². The Hall–Kier alpha value is -12.5. The van der Waals surface area contributed by atoms with E-state index in [4.69, 9.17) is 11.5 Å². The Kier molecular flexibility index (Phi) is 40.3. The zero-order valence-electron chi connectivity index (χ0n) is 66.3. The van der Waals surface area contributed by atoms with Crippen LogP contribution in [0.4, 0.5) is 102 Å². The Morgan fingerprint density at radius 1 is 0.277 bits per heavy atom. The number of ketones is 4. The third-order valence-corrected chi connectivity index (χ3v) is 16.9. The van der Waals surface area contributed by atoms with E-state index in [-0.39, 0.29) is 82.2 Å². The quantitative estimate of drug-likeness (QED) is 0.00884. The predicted molar refractivity (Wildman–Crippen MR) is 455 cm³/mol. The van der Waals surface area contributed by atoms with Gasteiger partial charge in [-0.2, -0.15) is 71.6 Å². The van der Waals surface area contributed by atoms with E-state index in [1.54, 1.807) is 231 Å². The number of hydrogen-bond acceptors (Lipinski definition) is 28. The monoisotopic (exact) mass is 1650 g/mol. The molecular formula is C87H82N18Na2O10S2. The van der Waals surface area contributed by atoms with Gasteiger partial charge in [0.05, 0.1) is 79.6 Å². The van der Waals surface area contributed by atoms with Gasteiger partial charge in [0.25, 0.3) is 0 Å². The van der Waals surface area contributed by atoms with Crippen molar-refractivity contribution in [3.63, 3.8) is 0 Å². The first-order chi connectivity index (χ1) is 56.2. The summed E-state index contributed by atoms with van der Waals surface area (Å²) in [5.41, 5.74) is 27.4. The normalized spacial score (nSPS) is 11.2. The summed E-state index contributed by atoms with van der Waals surface area (Å²) in [6.45, 7) is 8.33. The molecule has 0 saturated heterocycles. The molecule has 12 rings (SSSR count). The number of azo groups is 7. The number of unbranched alkanes of at least 4 members (excludes halogenated alkanes) is 2. The molecule has 0 aliphatic carbocycles. The molecule has 0 spiro atoms. The van der Waals surface area contributed by atoms with Gasteiger partial charge in [-0.05, 0) is 313 Å². The zero-order chi connectivity index (χ0) is 83.8. The predicted octanol–water partition coefficient (Wildman–Crippen LogP) is 18.9. The van der Waals surface area contributed by atoms with Crippen LogP contribution in [0.1, 0.15) is 101 Å². The van der Waals surface area contributed by atoms with Gasteiger partial charge in [0, 0.05) is 45.0 Å². The number of rotatable bonds is 28. The summed E-state index contributed by atoms with van der Waals surface area (Å²) < 4.78 is 62.4. The molecule has 0 amide bonds. The third-order valence-electron chi connectivity index (χ3n) is 15.9. The van der Waals surface area contributed by atoms with Crippen LogP contribution in [0.15, 0.2) is 369 Å². The van der Waals surface area contributed by atoms with Crippen molar-refractivity contribution in [1.82, 2.24) is 0 Å². The molecule has 12 aromatic rings. The topological polar surface area (TPSA) is 432 Å². The molecule has 119 heavy (non-hydrogen) atoms. The van der Waals surface area contributed by atoms with Gasteiger partial charge < -0.3 is 31.2 Å². The number of nitrogens with zero attached hydrogens (tertiary/aromatic N) is 14. The number of nitrogens with two attached hydrogens (primary N) is 2. The van der Waals surface area contributed by atoms with Gasteiger partial charge in [-0.1, -0.05) is 50.1 Å². The summed E-state index contributed by atoms with van der Waals surface area (Å²) in [4.78, 5) is 44.9. The van der Waals surface area contributed by atoms with Crippen LogP contribution in [0.5, 0.6) is 0 Å². The summed E-state index contributed by atoms with van der Waals surface area (Å²) in [7, 11) is -8.52. The molecule has 32 heteroatoms. The summed E-state index contributed by atoms with van der Waals surface area (Å²) in [5, 5.41) is 63.3. The number of aryl methyl sites for hydroxylation is 1. The standard InChI is InChI=1S/C25H26N4O.C21H19N5O4S.C20H17N5O.C14H13N3O.C7H9NO3S.2Na/c1-3-4-5-6-20-7-11-22(12-8-20)26-28-24-15-17-25(18-16-24)29-27-23-13-9-21(10-14-23)19(2)30;1-15(27)16-2-4-18(5-3-16)23-25-20-10-12-21(13-11-20)26-24-19-8-6-17(7-9-19)22-14-31(28,29)30;1-14(26)15-2-6-17(7-3-15)22-24-19-10-12-20(13-11-19)25-23-18-8-4-16(21)5-9-18;1-10(18)11-2-6-13(7-3-11)16-17-14-8-4-12(15)5-9-14;9-12(10,11)6-8-7-4-2-1-3-5-7;;/h7-18H,3-6H2,1-2H3;2-13,22H,14H2,1H3,(H,28,29,30);2-13H,21H2,1H3;2-9H,15H2,1H3;1-5,8H,6H2,(H,9,10,11);;/q;;;;;2*+1/p-2. The van der Waals surface area contributed by atoms with Crippen LogP contribution in [0.25, 0.3) is 0 Å². The van der Waals surface area contributed by atoms with Crippen LogP contribution in [0.2, 0.25) is 0 Å². The number of nitrogens with one attached hydrogen (secondary N) is 2. The van der Waals surface area contributed by atoms with Crippen molar-refractivity contribution in [2.24, 2.45) is 71.6 Å². The Labute approximate surface area is 734 Å². The molecular weight excluding hydrogens is 1570 g/mol. The molecule has 0 atom stereocenters. The number of anilines is 4. The van der Waals surface area contributed by atoms with Crippen LogP contribution < -0.4 is 81.2 Å². The average Bonchev–Trinajstić information content (AvgIpc) is 0.888. The average molecular weight is 1650 g/mol. The molecule has 0 saturated carbocycles. The number of nitrogen functional groups attached to an aromatic ring is 2. The van der Waals surface area contributed by atoms with Crippen LogP contribution in [-0.2, 0) is 26.7 Å². The maximum absolute atomic E-state index is 11.3. The minimum absolute atomic E-state index is 0. The first-order valence-electron chi connectivity index (χ1n) is 36.2. The fourth-order valence-corrected chi connectivity index (χ4v) is 10.2. The molecule has 0 aliphatic heterocycles. The Morgan fingerprint density at radius 3 is 0.664 bits per heavy atom. The molecule has 28 nitrogen and oxygen atoms in total. The number of carbonyl (C=O) groups excluding carboxylic acids is 4. The number of hydrogen-bond donors (Lipinski definition) is 4. The molecule has 0 aromatic heterocycles. The number of benzene rings is 12. The number of carbonyl (C=O) groups is 4. The van der Waals surface area contributed by atoms with Crippen LogP contribution >= 0.6 is 0 Å². The van der Waals surface area contributed by atoms with E-state index in [9.17, 15) is 45.1 Å². The molecule has 0 unspecified atom stereocenters. The van der Waals surface area contributed by atoms with E-state index >= 15 is 0 Å². The minimum Gasteiger partial charge on any atom is -0.747 e. The Morgan fingerprint density at radius 2 is 0.462 bits per heavy atom. The Balaban J connectivity index is 0.000000237. The summed E-state index contributed by atoms with van der Waals surface area (Å²) in [6.07, 6.45) is 4.84. The maximum Gasteiger partial charge on any atom is 1.00 e. The largest absolute Gasteiger partial charge is 1.00 e. The summed E-state index contributed by atoms with van der Waals surface area (Å²) in [6, 6.07) is 87.2. The van der Waals surface area contributed by atoms with Gasteiger partial charge in [-0.15, -0.1) is 0 Å². The van der Waals surface area contributed by atoms with E-state index in [1.807, 2.05) is 60.7 Å². The maximum atomic E-state index is 11.3. The van der Waals surface area contributed by atoms with Crippen LogP contribution in [-0.4, -0.2) is 60.8 Å². The van der Waals surface area contributed by atoms with Crippen molar-refractivity contribution in [3.05, 3.63) is 325 Å². The molecule has 0 fully saturated rings. The SMILES string of the molecule is CC(=O)c1ccc(N=Nc2ccc(N)cc2)cc1.CC(=O)c1ccc(N=Nc2ccc(N=Nc3ccc(N)cc3)cc2)cc1.CC(=O)c1ccc(N=Nc2ccc(N=Nc3ccc(NCS(=O)(=O)[O-])cc3)cc2)cc1.CCCCCc1ccc(N=Nc2ccc(N=Nc3ccc(C(C)=O)cc3)cc2)cc1.O=S(=O)([O-])CNc1ccccc1.[Na+].[Na+]. The van der Waals surface area contributed by atoms with Crippen molar-refractivity contribution in [1.29, 1.82) is 0 Å². The molecule has 0 heterocycles. The molecule has 0 aliphatic rings. The van der Waals surface area contributed by atoms with E-state index in [0.717, 1.165) is 34.9 Å². The molecule has 6 N–H and O–H groups in total.